The first kappa shape index (κ1) is 20.7. The molecule has 0 aromatic heterocycles. The molecule has 7 nitrogen and oxygen atoms in total. The Morgan fingerprint density at radius 2 is 1.97 bits per heavy atom. The van der Waals surface area contributed by atoms with Crippen LogP contribution in [-0.4, -0.2) is 44.2 Å². The normalized spacial score (nSPS) is 15.6. The summed E-state index contributed by atoms with van der Waals surface area (Å²) in [5.41, 5.74) is 1.99. The minimum absolute atomic E-state index is 0.110. The van der Waals surface area contributed by atoms with Crippen LogP contribution >= 0.6 is 0 Å². The van der Waals surface area contributed by atoms with Gasteiger partial charge in [-0.25, -0.2) is 0 Å². The quantitative estimate of drug-likeness (QED) is 0.605. The molecular formula is C22H27N3O4. The number of carbonyl (C=O) groups is 2. The Morgan fingerprint density at radius 1 is 1.14 bits per heavy atom. The SMILES string of the molecule is CCOc1cccc(NCC(=O)Nc2ccc(C(=O)NCC3CCCO3)cc2)c1. The molecule has 1 aliphatic heterocycles. The molecule has 0 saturated carbocycles. The predicted octanol–water partition coefficient (Wildman–Crippen LogP) is 3.04. The molecule has 2 aromatic carbocycles. The van der Waals surface area contributed by atoms with Crippen LogP contribution < -0.4 is 20.7 Å². The first-order valence-corrected chi connectivity index (χ1v) is 9.90. The molecule has 29 heavy (non-hydrogen) atoms. The summed E-state index contributed by atoms with van der Waals surface area (Å²) in [6.45, 7) is 3.92. The number of hydrogen-bond donors (Lipinski definition) is 3. The van der Waals surface area contributed by atoms with Crippen molar-refractivity contribution in [3.8, 4) is 5.75 Å². The highest BCUT2D eigenvalue weighted by molar-refractivity contribution is 5.96. The maximum absolute atomic E-state index is 12.2. The number of nitrogens with one attached hydrogen (secondary N) is 3. The third kappa shape index (κ3) is 6.50. The molecule has 154 valence electrons. The topological polar surface area (TPSA) is 88.7 Å². The molecule has 1 fully saturated rings. The van der Waals surface area contributed by atoms with E-state index in [4.69, 9.17) is 9.47 Å². The average molecular weight is 397 g/mol. The van der Waals surface area contributed by atoms with Gasteiger partial charge in [-0.2, -0.15) is 0 Å². The van der Waals surface area contributed by atoms with Crippen LogP contribution in [0.25, 0.3) is 0 Å². The van der Waals surface area contributed by atoms with E-state index in [1.165, 1.54) is 0 Å². The molecule has 2 aromatic rings. The van der Waals surface area contributed by atoms with E-state index >= 15 is 0 Å². The van der Waals surface area contributed by atoms with Crippen molar-refractivity contribution in [3.05, 3.63) is 54.1 Å². The van der Waals surface area contributed by atoms with E-state index in [1.807, 2.05) is 31.2 Å². The average Bonchev–Trinajstić information content (AvgIpc) is 3.25. The van der Waals surface area contributed by atoms with E-state index < -0.39 is 0 Å². The van der Waals surface area contributed by atoms with Crippen LogP contribution in [0.5, 0.6) is 5.75 Å². The summed E-state index contributed by atoms with van der Waals surface area (Å²) in [6.07, 6.45) is 2.14. The van der Waals surface area contributed by atoms with E-state index in [0.29, 0.717) is 24.4 Å². The zero-order valence-electron chi connectivity index (χ0n) is 16.6. The third-order valence-electron chi connectivity index (χ3n) is 4.54. The van der Waals surface area contributed by atoms with Crippen molar-refractivity contribution in [1.82, 2.24) is 5.32 Å². The van der Waals surface area contributed by atoms with Crippen LogP contribution in [0, 0.1) is 0 Å². The Labute approximate surface area is 170 Å². The lowest BCUT2D eigenvalue weighted by Crippen LogP contribution is -2.31. The molecule has 3 N–H and O–H groups in total. The van der Waals surface area contributed by atoms with Crippen molar-refractivity contribution in [3.63, 3.8) is 0 Å². The van der Waals surface area contributed by atoms with Crippen molar-refractivity contribution in [2.45, 2.75) is 25.9 Å². The van der Waals surface area contributed by atoms with E-state index in [-0.39, 0.29) is 24.5 Å². The number of amides is 2. The number of ether oxygens (including phenoxy) is 2. The third-order valence-corrected chi connectivity index (χ3v) is 4.54. The number of carbonyl (C=O) groups excluding carboxylic acids is 2. The van der Waals surface area contributed by atoms with Crippen LogP contribution in [0.3, 0.4) is 0 Å². The van der Waals surface area contributed by atoms with Crippen LogP contribution in [0.2, 0.25) is 0 Å². The van der Waals surface area contributed by atoms with Gasteiger partial charge in [0.05, 0.1) is 19.3 Å². The molecule has 0 bridgehead atoms. The van der Waals surface area contributed by atoms with E-state index in [2.05, 4.69) is 16.0 Å². The van der Waals surface area contributed by atoms with E-state index in [0.717, 1.165) is 30.9 Å². The summed E-state index contributed by atoms with van der Waals surface area (Å²) in [4.78, 5) is 24.4. The molecule has 7 heteroatoms. The molecule has 1 heterocycles. The lowest BCUT2D eigenvalue weighted by Gasteiger charge is -2.11. The van der Waals surface area contributed by atoms with Gasteiger partial charge < -0.3 is 25.4 Å². The molecule has 2 amide bonds. The number of rotatable bonds is 9. The minimum atomic E-state index is -0.178. The maximum Gasteiger partial charge on any atom is 0.251 e. The molecule has 3 rings (SSSR count). The second-order valence-corrected chi connectivity index (χ2v) is 6.78. The second-order valence-electron chi connectivity index (χ2n) is 6.78. The summed E-state index contributed by atoms with van der Waals surface area (Å²) in [5.74, 6) is 0.433. The van der Waals surface area contributed by atoms with Gasteiger partial charge in [-0.3, -0.25) is 9.59 Å². The van der Waals surface area contributed by atoms with Gasteiger partial charge in [0.15, 0.2) is 0 Å². The maximum atomic E-state index is 12.2. The summed E-state index contributed by atoms with van der Waals surface area (Å²) in [6, 6.07) is 14.3. The molecule has 0 radical (unpaired) electrons. The first-order chi connectivity index (χ1) is 14.1. The van der Waals surface area contributed by atoms with Gasteiger partial charge in [-0.1, -0.05) is 6.07 Å². The van der Waals surface area contributed by atoms with E-state index in [1.54, 1.807) is 24.3 Å². The van der Waals surface area contributed by atoms with Gasteiger partial charge in [0.1, 0.15) is 5.75 Å². The zero-order chi connectivity index (χ0) is 20.5. The monoisotopic (exact) mass is 397 g/mol. The van der Waals surface area contributed by atoms with Crippen molar-refractivity contribution in [2.24, 2.45) is 0 Å². The fourth-order valence-electron chi connectivity index (χ4n) is 3.07. The summed E-state index contributed by atoms with van der Waals surface area (Å²) < 4.78 is 10.9. The van der Waals surface area contributed by atoms with Gasteiger partial charge in [0.25, 0.3) is 5.91 Å². The largest absolute Gasteiger partial charge is 0.494 e. The fraction of sp³-hybridized carbons (Fsp3) is 0.364. The zero-order valence-corrected chi connectivity index (χ0v) is 16.6. The molecular weight excluding hydrogens is 370 g/mol. The highest BCUT2D eigenvalue weighted by atomic mass is 16.5. The van der Waals surface area contributed by atoms with Crippen LogP contribution in [0.15, 0.2) is 48.5 Å². The number of benzene rings is 2. The highest BCUT2D eigenvalue weighted by Crippen LogP contribution is 2.17. The molecule has 0 spiro atoms. The van der Waals surface area contributed by atoms with Gasteiger partial charge >= 0.3 is 0 Å². The van der Waals surface area contributed by atoms with E-state index in [9.17, 15) is 9.59 Å². The Kier molecular flexibility index (Phi) is 7.47. The number of anilines is 2. The van der Waals surface area contributed by atoms with Crippen molar-refractivity contribution < 1.29 is 19.1 Å². The predicted molar refractivity (Wildman–Crippen MR) is 112 cm³/mol. The van der Waals surface area contributed by atoms with Gasteiger partial charge in [0.2, 0.25) is 5.91 Å². The van der Waals surface area contributed by atoms with Crippen LogP contribution in [0.4, 0.5) is 11.4 Å². The Balaban J connectivity index is 1.44. The second kappa shape index (κ2) is 10.5. The van der Waals surface area contributed by atoms with Crippen LogP contribution in [-0.2, 0) is 9.53 Å². The van der Waals surface area contributed by atoms with Crippen molar-refractivity contribution in [1.29, 1.82) is 0 Å². The lowest BCUT2D eigenvalue weighted by atomic mass is 10.2. The number of hydrogen-bond acceptors (Lipinski definition) is 5. The summed E-state index contributed by atoms with van der Waals surface area (Å²) >= 11 is 0. The Morgan fingerprint density at radius 3 is 2.69 bits per heavy atom. The van der Waals surface area contributed by atoms with Gasteiger partial charge in [-0.15, -0.1) is 0 Å². The van der Waals surface area contributed by atoms with Gasteiger partial charge in [-0.05, 0) is 56.2 Å². The standard InChI is InChI=1S/C22H27N3O4/c1-2-28-19-6-3-5-18(13-19)23-15-21(26)25-17-10-8-16(9-11-17)22(27)24-14-20-7-4-12-29-20/h3,5-6,8-11,13,20,23H,2,4,7,12,14-15H2,1H3,(H,24,27)(H,25,26). The van der Waals surface area contributed by atoms with Crippen molar-refractivity contribution in [2.75, 3.05) is 36.9 Å². The summed E-state index contributed by atoms with van der Waals surface area (Å²) in [7, 11) is 0. The Bertz CT molecular complexity index is 817. The Hall–Kier alpha value is -3.06. The smallest absolute Gasteiger partial charge is 0.251 e. The molecule has 1 aliphatic rings. The molecule has 1 saturated heterocycles. The molecule has 1 unspecified atom stereocenters. The highest BCUT2D eigenvalue weighted by Gasteiger charge is 2.16. The fourth-order valence-corrected chi connectivity index (χ4v) is 3.07. The van der Waals surface area contributed by atoms with Gasteiger partial charge in [0, 0.05) is 36.2 Å². The summed E-state index contributed by atoms with van der Waals surface area (Å²) in [5, 5.41) is 8.76. The lowest BCUT2D eigenvalue weighted by molar-refractivity contribution is -0.114. The molecule has 1 atom stereocenters. The van der Waals surface area contributed by atoms with Crippen molar-refractivity contribution >= 4 is 23.2 Å². The first-order valence-electron chi connectivity index (χ1n) is 9.90. The molecule has 0 aliphatic carbocycles. The van der Waals surface area contributed by atoms with Crippen LogP contribution in [0.1, 0.15) is 30.1 Å². The minimum Gasteiger partial charge on any atom is -0.494 e.